The standard InChI is InChI=1S/C19H15N3O2S/c1-12-9-15(7-8-17(12)24-2)16-11-25-19(21-16)22-18(23)14-5-3-13(10-20)4-6-14/h3-9,11H,1-2H3,(H,21,22,23). The Morgan fingerprint density at radius 1 is 1.24 bits per heavy atom. The maximum Gasteiger partial charge on any atom is 0.257 e. The highest BCUT2D eigenvalue weighted by molar-refractivity contribution is 7.14. The van der Waals surface area contributed by atoms with Gasteiger partial charge in [0.05, 0.1) is 24.4 Å². The van der Waals surface area contributed by atoms with Crippen molar-refractivity contribution in [1.29, 1.82) is 5.26 Å². The van der Waals surface area contributed by atoms with Crippen LogP contribution in [-0.2, 0) is 0 Å². The van der Waals surface area contributed by atoms with Crippen LogP contribution < -0.4 is 10.1 Å². The Kier molecular flexibility index (Phi) is 4.78. The number of hydrogen-bond donors (Lipinski definition) is 1. The van der Waals surface area contributed by atoms with E-state index in [1.165, 1.54) is 11.3 Å². The van der Waals surface area contributed by atoms with Crippen molar-refractivity contribution in [3.63, 3.8) is 0 Å². The number of carbonyl (C=O) groups is 1. The summed E-state index contributed by atoms with van der Waals surface area (Å²) in [7, 11) is 1.64. The highest BCUT2D eigenvalue weighted by Gasteiger charge is 2.11. The summed E-state index contributed by atoms with van der Waals surface area (Å²) in [4.78, 5) is 16.7. The lowest BCUT2D eigenvalue weighted by molar-refractivity contribution is 0.102. The van der Waals surface area contributed by atoms with Gasteiger partial charge < -0.3 is 4.74 Å². The number of hydrogen-bond acceptors (Lipinski definition) is 5. The van der Waals surface area contributed by atoms with Gasteiger partial charge in [-0.2, -0.15) is 5.26 Å². The molecule has 6 heteroatoms. The molecule has 0 unspecified atom stereocenters. The van der Waals surface area contributed by atoms with Gasteiger partial charge in [-0.3, -0.25) is 10.1 Å². The fraction of sp³-hybridized carbons (Fsp3) is 0.105. The van der Waals surface area contributed by atoms with E-state index in [9.17, 15) is 4.79 Å². The second kappa shape index (κ2) is 7.16. The number of anilines is 1. The first-order chi connectivity index (χ1) is 12.1. The van der Waals surface area contributed by atoms with E-state index in [1.807, 2.05) is 36.6 Å². The monoisotopic (exact) mass is 349 g/mol. The molecule has 124 valence electrons. The summed E-state index contributed by atoms with van der Waals surface area (Å²) < 4.78 is 5.26. The number of aromatic nitrogens is 1. The molecule has 0 saturated heterocycles. The molecule has 0 fully saturated rings. The molecule has 0 radical (unpaired) electrons. The Bertz CT molecular complexity index is 956. The van der Waals surface area contributed by atoms with Crippen LogP contribution in [0.3, 0.4) is 0 Å². The summed E-state index contributed by atoms with van der Waals surface area (Å²) >= 11 is 1.36. The number of benzene rings is 2. The third-order valence-corrected chi connectivity index (χ3v) is 4.45. The minimum Gasteiger partial charge on any atom is -0.496 e. The van der Waals surface area contributed by atoms with Crippen LogP contribution in [-0.4, -0.2) is 18.0 Å². The molecule has 25 heavy (non-hydrogen) atoms. The number of nitrogens with zero attached hydrogens (tertiary/aromatic N) is 2. The molecule has 1 heterocycles. The van der Waals surface area contributed by atoms with Crippen molar-refractivity contribution < 1.29 is 9.53 Å². The molecule has 0 aliphatic heterocycles. The number of thiazole rings is 1. The molecule has 0 saturated carbocycles. The zero-order chi connectivity index (χ0) is 17.8. The Balaban J connectivity index is 1.76. The SMILES string of the molecule is COc1ccc(-c2csc(NC(=O)c3ccc(C#N)cc3)n2)cc1C. The second-order valence-electron chi connectivity index (χ2n) is 5.37. The molecule has 0 aliphatic rings. The smallest absolute Gasteiger partial charge is 0.257 e. The van der Waals surface area contributed by atoms with E-state index in [0.29, 0.717) is 16.3 Å². The topological polar surface area (TPSA) is 75.0 Å². The van der Waals surface area contributed by atoms with Gasteiger partial charge in [0.15, 0.2) is 5.13 Å². The molecule has 3 aromatic rings. The minimum atomic E-state index is -0.253. The highest BCUT2D eigenvalue weighted by Crippen LogP contribution is 2.29. The highest BCUT2D eigenvalue weighted by atomic mass is 32.1. The Labute approximate surface area is 149 Å². The largest absolute Gasteiger partial charge is 0.496 e. The molecule has 0 bridgehead atoms. The van der Waals surface area contributed by atoms with Crippen molar-refractivity contribution in [3.05, 3.63) is 64.5 Å². The quantitative estimate of drug-likeness (QED) is 0.764. The van der Waals surface area contributed by atoms with Gasteiger partial charge in [-0.15, -0.1) is 11.3 Å². The lowest BCUT2D eigenvalue weighted by Crippen LogP contribution is -2.11. The van der Waals surface area contributed by atoms with E-state index >= 15 is 0 Å². The van der Waals surface area contributed by atoms with Gasteiger partial charge in [0.25, 0.3) is 5.91 Å². The van der Waals surface area contributed by atoms with Crippen LogP contribution in [0.5, 0.6) is 5.75 Å². The number of nitriles is 1. The van der Waals surface area contributed by atoms with Crippen molar-refractivity contribution in [2.45, 2.75) is 6.92 Å². The molecule has 5 nitrogen and oxygen atoms in total. The summed E-state index contributed by atoms with van der Waals surface area (Å²) in [5.41, 5.74) is 3.79. The lowest BCUT2D eigenvalue weighted by atomic mass is 10.1. The predicted molar refractivity (Wildman–Crippen MR) is 97.9 cm³/mol. The number of aryl methyl sites for hydroxylation is 1. The molecular formula is C19H15N3O2S. The van der Waals surface area contributed by atoms with Crippen LogP contribution in [0, 0.1) is 18.3 Å². The first-order valence-corrected chi connectivity index (χ1v) is 8.40. The van der Waals surface area contributed by atoms with Gasteiger partial charge in [-0.1, -0.05) is 0 Å². The Morgan fingerprint density at radius 2 is 2.00 bits per heavy atom. The summed E-state index contributed by atoms with van der Waals surface area (Å²) in [6, 6.07) is 14.3. The Hall–Kier alpha value is -3.17. The lowest BCUT2D eigenvalue weighted by Gasteiger charge is -2.05. The molecule has 1 amide bonds. The van der Waals surface area contributed by atoms with E-state index in [1.54, 1.807) is 31.4 Å². The maximum absolute atomic E-state index is 12.3. The molecule has 2 aromatic carbocycles. The van der Waals surface area contributed by atoms with Crippen LogP contribution in [0.25, 0.3) is 11.3 Å². The van der Waals surface area contributed by atoms with Gasteiger partial charge in [0.1, 0.15) is 5.75 Å². The number of nitrogens with one attached hydrogen (secondary N) is 1. The normalized spacial score (nSPS) is 10.1. The van der Waals surface area contributed by atoms with E-state index < -0.39 is 0 Å². The van der Waals surface area contributed by atoms with Crippen molar-refractivity contribution in [3.8, 4) is 23.1 Å². The maximum atomic E-state index is 12.3. The van der Waals surface area contributed by atoms with E-state index in [2.05, 4.69) is 10.3 Å². The summed E-state index contributed by atoms with van der Waals surface area (Å²) in [6.07, 6.45) is 0. The third-order valence-electron chi connectivity index (χ3n) is 3.69. The van der Waals surface area contributed by atoms with E-state index in [0.717, 1.165) is 22.6 Å². The van der Waals surface area contributed by atoms with Crippen molar-refractivity contribution in [2.24, 2.45) is 0 Å². The molecule has 3 rings (SSSR count). The zero-order valence-electron chi connectivity index (χ0n) is 13.7. The van der Waals surface area contributed by atoms with Crippen LogP contribution in [0.15, 0.2) is 47.8 Å². The van der Waals surface area contributed by atoms with Gasteiger partial charge in [-0.25, -0.2) is 4.98 Å². The molecule has 0 aliphatic carbocycles. The fourth-order valence-electron chi connectivity index (χ4n) is 2.37. The summed E-state index contributed by atoms with van der Waals surface area (Å²) in [5, 5.41) is 14.0. The van der Waals surface area contributed by atoms with E-state index in [4.69, 9.17) is 10.00 Å². The zero-order valence-corrected chi connectivity index (χ0v) is 14.6. The summed E-state index contributed by atoms with van der Waals surface area (Å²) in [6.45, 7) is 1.97. The molecule has 0 spiro atoms. The number of carbonyl (C=O) groups excluding carboxylic acids is 1. The first-order valence-electron chi connectivity index (χ1n) is 7.53. The molecule has 1 aromatic heterocycles. The van der Waals surface area contributed by atoms with Gasteiger partial charge >= 0.3 is 0 Å². The minimum absolute atomic E-state index is 0.253. The van der Waals surface area contributed by atoms with Gasteiger partial charge in [0.2, 0.25) is 0 Å². The average Bonchev–Trinajstić information content (AvgIpc) is 3.10. The second-order valence-corrected chi connectivity index (χ2v) is 6.22. The average molecular weight is 349 g/mol. The van der Waals surface area contributed by atoms with E-state index in [-0.39, 0.29) is 5.91 Å². The van der Waals surface area contributed by atoms with Crippen LogP contribution >= 0.6 is 11.3 Å². The Morgan fingerprint density at radius 3 is 2.64 bits per heavy atom. The van der Waals surface area contributed by atoms with Crippen molar-refractivity contribution >= 4 is 22.4 Å². The first kappa shape index (κ1) is 16.7. The number of methoxy groups -OCH3 is 1. The number of amides is 1. The van der Waals surface area contributed by atoms with Crippen LogP contribution in [0.4, 0.5) is 5.13 Å². The fourth-order valence-corrected chi connectivity index (χ4v) is 3.08. The van der Waals surface area contributed by atoms with Gasteiger partial charge in [0, 0.05) is 16.5 Å². The molecule has 1 N–H and O–H groups in total. The number of rotatable bonds is 4. The number of ether oxygens (including phenoxy) is 1. The summed E-state index contributed by atoms with van der Waals surface area (Å²) in [5.74, 6) is 0.574. The third kappa shape index (κ3) is 3.67. The van der Waals surface area contributed by atoms with Crippen molar-refractivity contribution in [1.82, 2.24) is 4.98 Å². The van der Waals surface area contributed by atoms with Crippen LogP contribution in [0.2, 0.25) is 0 Å². The molecule has 0 atom stereocenters. The van der Waals surface area contributed by atoms with Gasteiger partial charge in [-0.05, 0) is 55.0 Å². The predicted octanol–water partition coefficient (Wildman–Crippen LogP) is 4.25. The van der Waals surface area contributed by atoms with Crippen LogP contribution in [0.1, 0.15) is 21.5 Å². The molecular weight excluding hydrogens is 334 g/mol. The van der Waals surface area contributed by atoms with Crippen molar-refractivity contribution in [2.75, 3.05) is 12.4 Å².